The molecule has 1 aliphatic rings. The Bertz CT molecular complexity index is 224. The van der Waals surface area contributed by atoms with Crippen molar-refractivity contribution in [3.8, 4) is 0 Å². The fourth-order valence-electron chi connectivity index (χ4n) is 1.95. The van der Waals surface area contributed by atoms with Crippen LogP contribution in [0.3, 0.4) is 0 Å². The lowest BCUT2D eigenvalue weighted by Gasteiger charge is -2.39. The number of halogens is 3. The van der Waals surface area contributed by atoms with E-state index in [1.807, 2.05) is 0 Å². The van der Waals surface area contributed by atoms with Crippen molar-refractivity contribution < 1.29 is 17.7 Å². The molecule has 0 bridgehead atoms. The minimum atomic E-state index is -4.07. The molecule has 0 aliphatic heterocycles. The van der Waals surface area contributed by atoms with Crippen LogP contribution in [0.4, 0.5) is 13.2 Å². The normalized spacial score (nSPS) is 29.8. The van der Waals surface area contributed by atoms with E-state index in [-0.39, 0.29) is 18.8 Å². The average Bonchev–Trinajstić information content (AvgIpc) is 1.93. The van der Waals surface area contributed by atoms with Crippen LogP contribution in [0.15, 0.2) is 0 Å². The van der Waals surface area contributed by atoms with Crippen LogP contribution in [0.5, 0.6) is 0 Å². The average molecular weight is 243 g/mol. The minimum absolute atomic E-state index is 0.0131. The van der Waals surface area contributed by atoms with Crippen LogP contribution in [0.25, 0.3) is 0 Å². The van der Waals surface area contributed by atoms with Gasteiger partial charge in [-0.25, -0.2) is 0 Å². The molecule has 2 nitrogen and oxygen atoms in total. The largest absolute Gasteiger partial charge is 0.598 e. The monoisotopic (exact) mass is 243 g/mol. The third kappa shape index (κ3) is 3.26. The maximum absolute atomic E-state index is 12.2. The van der Waals surface area contributed by atoms with Gasteiger partial charge in [0.05, 0.1) is 5.92 Å². The van der Waals surface area contributed by atoms with Gasteiger partial charge in [-0.1, -0.05) is 0 Å². The molecule has 0 radical (unpaired) electrons. The number of hydrogen-bond donors (Lipinski definition) is 1. The highest BCUT2D eigenvalue weighted by Crippen LogP contribution is 2.47. The topological polar surface area (TPSA) is 49.1 Å². The lowest BCUT2D eigenvalue weighted by atomic mass is 9.71. The maximum atomic E-state index is 12.2. The van der Waals surface area contributed by atoms with E-state index < -0.39 is 28.2 Å². The fraction of sp³-hybridized carbons (Fsp3) is 1.00. The van der Waals surface area contributed by atoms with Gasteiger partial charge in [0.1, 0.15) is 4.75 Å². The maximum Gasteiger partial charge on any atom is 0.391 e. The van der Waals surface area contributed by atoms with E-state index in [2.05, 4.69) is 0 Å². The van der Waals surface area contributed by atoms with E-state index in [1.54, 1.807) is 13.8 Å². The molecule has 15 heavy (non-hydrogen) atoms. The summed E-state index contributed by atoms with van der Waals surface area (Å²) in [5.41, 5.74) is 0. The van der Waals surface area contributed by atoms with Gasteiger partial charge in [-0.3, -0.25) is 0 Å². The molecule has 0 spiro atoms. The first-order valence-electron chi connectivity index (χ1n) is 4.86. The van der Waals surface area contributed by atoms with Gasteiger partial charge in [-0.05, 0) is 32.6 Å². The molecule has 1 rings (SSSR count). The van der Waals surface area contributed by atoms with Gasteiger partial charge in [0.15, 0.2) is 0 Å². The van der Waals surface area contributed by atoms with Gasteiger partial charge in [0.25, 0.3) is 0 Å². The lowest BCUT2D eigenvalue weighted by Crippen LogP contribution is -2.44. The fourth-order valence-corrected chi connectivity index (χ4v) is 2.35. The molecule has 0 saturated heterocycles. The van der Waals surface area contributed by atoms with E-state index in [0.29, 0.717) is 6.42 Å². The molecule has 1 unspecified atom stereocenters. The summed E-state index contributed by atoms with van der Waals surface area (Å²) in [6, 6.07) is 0. The molecule has 1 fully saturated rings. The summed E-state index contributed by atoms with van der Waals surface area (Å²) >= 11 is -1.48. The second kappa shape index (κ2) is 4.14. The van der Waals surface area contributed by atoms with Crippen LogP contribution in [-0.2, 0) is 11.4 Å². The molecule has 0 aromatic rings. The van der Waals surface area contributed by atoms with E-state index in [9.17, 15) is 17.7 Å². The summed E-state index contributed by atoms with van der Waals surface area (Å²) < 4.78 is 47.0. The number of alkyl halides is 3. The zero-order valence-corrected chi connectivity index (χ0v) is 9.62. The number of nitrogens with two attached hydrogens (primary N) is 1. The number of hydrogen-bond acceptors (Lipinski definition) is 2. The molecule has 6 heteroatoms. The van der Waals surface area contributed by atoms with Gasteiger partial charge in [-0.2, -0.15) is 18.3 Å². The van der Waals surface area contributed by atoms with E-state index in [0.717, 1.165) is 0 Å². The predicted molar refractivity (Wildman–Crippen MR) is 53.3 cm³/mol. The zero-order valence-electron chi connectivity index (χ0n) is 8.80. The highest BCUT2D eigenvalue weighted by Gasteiger charge is 2.49. The summed E-state index contributed by atoms with van der Waals surface area (Å²) in [7, 11) is 0. The Morgan fingerprint density at radius 2 is 1.80 bits per heavy atom. The van der Waals surface area contributed by atoms with Crippen LogP contribution in [0.1, 0.15) is 33.1 Å². The lowest BCUT2D eigenvalue weighted by molar-refractivity contribution is -0.205. The Kier molecular flexibility index (Phi) is 3.63. The summed E-state index contributed by atoms with van der Waals surface area (Å²) in [4.78, 5) is 0. The highest BCUT2D eigenvalue weighted by atomic mass is 32.2. The van der Waals surface area contributed by atoms with E-state index >= 15 is 0 Å². The Labute approximate surface area is 90.7 Å². The quantitative estimate of drug-likeness (QED) is 0.773. The second-order valence-corrected chi connectivity index (χ2v) is 6.54. The molecule has 2 N–H and O–H groups in total. The van der Waals surface area contributed by atoms with Crippen molar-refractivity contribution in [1.82, 2.24) is 0 Å². The first-order chi connectivity index (χ1) is 6.63. The standard InChI is InChI=1S/C9H16F3NOS/c1-8(2,15(13)14)5-6-3-7(4-6)9(10,11)12/h6-7H,3-5,13H2,1-2H3. The van der Waals surface area contributed by atoms with Gasteiger partial charge in [0.2, 0.25) is 0 Å². The summed E-state index contributed by atoms with van der Waals surface area (Å²) in [6.45, 7) is 3.45. The Morgan fingerprint density at radius 3 is 2.13 bits per heavy atom. The third-order valence-electron chi connectivity index (χ3n) is 3.02. The van der Waals surface area contributed by atoms with Crippen molar-refractivity contribution >= 4 is 11.4 Å². The van der Waals surface area contributed by atoms with Gasteiger partial charge < -0.3 is 4.55 Å². The molecule has 0 amide bonds. The van der Waals surface area contributed by atoms with Crippen molar-refractivity contribution in [2.75, 3.05) is 0 Å². The van der Waals surface area contributed by atoms with Crippen molar-refractivity contribution in [3.63, 3.8) is 0 Å². The molecular weight excluding hydrogens is 227 g/mol. The van der Waals surface area contributed by atoms with Crippen LogP contribution in [-0.4, -0.2) is 15.5 Å². The second-order valence-electron chi connectivity index (χ2n) is 4.84. The van der Waals surface area contributed by atoms with Crippen LogP contribution in [0.2, 0.25) is 0 Å². The zero-order chi connectivity index (χ0) is 11.9. The molecule has 0 heterocycles. The summed E-state index contributed by atoms with van der Waals surface area (Å²) in [5, 5.41) is 5.27. The van der Waals surface area contributed by atoms with Crippen molar-refractivity contribution in [1.29, 1.82) is 0 Å². The third-order valence-corrected chi connectivity index (χ3v) is 4.28. The van der Waals surface area contributed by atoms with E-state index in [1.165, 1.54) is 0 Å². The van der Waals surface area contributed by atoms with Crippen LogP contribution in [0, 0.1) is 11.8 Å². The first kappa shape index (κ1) is 13.1. The van der Waals surface area contributed by atoms with E-state index in [4.69, 9.17) is 5.14 Å². The van der Waals surface area contributed by atoms with Crippen molar-refractivity contribution in [2.24, 2.45) is 17.0 Å². The van der Waals surface area contributed by atoms with Gasteiger partial charge >= 0.3 is 6.18 Å². The number of rotatable bonds is 3. The molecule has 0 aromatic carbocycles. The predicted octanol–water partition coefficient (Wildman–Crippen LogP) is 2.37. The van der Waals surface area contributed by atoms with Crippen LogP contribution >= 0.6 is 0 Å². The van der Waals surface area contributed by atoms with Gasteiger partial charge in [0, 0.05) is 17.8 Å². The first-order valence-corrected chi connectivity index (χ1v) is 6.07. The molecule has 1 saturated carbocycles. The Balaban J connectivity index is 2.35. The molecule has 1 atom stereocenters. The molecule has 1 aliphatic carbocycles. The summed E-state index contributed by atoms with van der Waals surface area (Å²) in [6.07, 6.45) is -3.25. The van der Waals surface area contributed by atoms with Crippen molar-refractivity contribution in [3.05, 3.63) is 0 Å². The highest BCUT2D eigenvalue weighted by molar-refractivity contribution is 7.90. The Hall–Kier alpha value is 0.0600. The molecule has 0 aromatic heterocycles. The Morgan fingerprint density at radius 1 is 1.33 bits per heavy atom. The molecular formula is C9H16F3NOS. The van der Waals surface area contributed by atoms with Gasteiger partial charge in [-0.15, -0.1) is 0 Å². The minimum Gasteiger partial charge on any atom is -0.598 e. The van der Waals surface area contributed by atoms with Crippen molar-refractivity contribution in [2.45, 2.75) is 44.0 Å². The summed E-state index contributed by atoms with van der Waals surface area (Å²) in [5.74, 6) is -1.15. The smallest absolute Gasteiger partial charge is 0.391 e. The van der Waals surface area contributed by atoms with Crippen LogP contribution < -0.4 is 5.14 Å². The molecule has 90 valence electrons. The SMILES string of the molecule is CC(C)(CC1CC(C(F)(F)F)C1)[S+](N)[O-].